The molecular weight excluding hydrogens is 174 g/mol. The molecule has 0 saturated heterocycles. The highest BCUT2D eigenvalue weighted by atomic mass is 15.2. The van der Waals surface area contributed by atoms with Crippen LogP contribution in [0.5, 0.6) is 0 Å². The quantitative estimate of drug-likeness (QED) is 0.717. The average molecular weight is 193 g/mol. The van der Waals surface area contributed by atoms with Gasteiger partial charge in [0.25, 0.3) is 0 Å². The number of aryl methyl sites for hydroxylation is 1. The summed E-state index contributed by atoms with van der Waals surface area (Å²) in [6.07, 6.45) is 1.84. The molecule has 1 N–H and O–H groups in total. The highest BCUT2D eigenvalue weighted by Gasteiger charge is 2.03. The molecular formula is C11H19N3. The van der Waals surface area contributed by atoms with E-state index in [1.54, 1.807) is 0 Å². The Bertz CT molecular complexity index is 273. The van der Waals surface area contributed by atoms with E-state index in [1.807, 2.05) is 12.3 Å². The minimum absolute atomic E-state index is 0.992. The van der Waals surface area contributed by atoms with Crippen molar-refractivity contribution in [1.29, 1.82) is 0 Å². The first-order valence-corrected chi connectivity index (χ1v) is 5.09. The number of rotatable bonds is 5. The third kappa shape index (κ3) is 3.00. The van der Waals surface area contributed by atoms with Gasteiger partial charge in [0, 0.05) is 26.3 Å². The van der Waals surface area contributed by atoms with Crippen LogP contribution in [0, 0.1) is 6.92 Å². The van der Waals surface area contributed by atoms with Gasteiger partial charge in [0.05, 0.1) is 0 Å². The Kier molecular flexibility index (Phi) is 4.40. The summed E-state index contributed by atoms with van der Waals surface area (Å²) in [5.74, 6) is 1.07. The fourth-order valence-corrected chi connectivity index (χ4v) is 1.41. The fourth-order valence-electron chi connectivity index (χ4n) is 1.41. The van der Waals surface area contributed by atoms with Crippen molar-refractivity contribution in [2.24, 2.45) is 0 Å². The highest BCUT2D eigenvalue weighted by Crippen LogP contribution is 2.12. The standard InChI is InChI=1S/C11H19N3/c1-4-12-8-9-14(3)11-10(2)6-5-7-13-11/h5-7,12H,4,8-9H2,1-3H3. The molecule has 0 aromatic carbocycles. The maximum absolute atomic E-state index is 4.36. The van der Waals surface area contributed by atoms with E-state index in [4.69, 9.17) is 0 Å². The summed E-state index contributed by atoms with van der Waals surface area (Å²) in [6, 6.07) is 4.06. The molecule has 0 unspecified atom stereocenters. The lowest BCUT2D eigenvalue weighted by molar-refractivity contribution is 0.702. The molecule has 0 amide bonds. The largest absolute Gasteiger partial charge is 0.358 e. The van der Waals surface area contributed by atoms with Crippen molar-refractivity contribution in [3.8, 4) is 0 Å². The molecule has 0 bridgehead atoms. The summed E-state index contributed by atoms with van der Waals surface area (Å²) in [6.45, 7) is 7.22. The first-order valence-electron chi connectivity index (χ1n) is 5.09. The van der Waals surface area contributed by atoms with E-state index in [0.29, 0.717) is 0 Å². The van der Waals surface area contributed by atoms with Gasteiger partial charge in [-0.25, -0.2) is 4.98 Å². The molecule has 0 atom stereocenters. The average Bonchev–Trinajstić information content (AvgIpc) is 2.18. The number of nitrogens with zero attached hydrogens (tertiary/aromatic N) is 2. The van der Waals surface area contributed by atoms with Crippen molar-refractivity contribution >= 4 is 5.82 Å². The van der Waals surface area contributed by atoms with Gasteiger partial charge >= 0.3 is 0 Å². The van der Waals surface area contributed by atoms with Gasteiger partial charge in [-0.15, -0.1) is 0 Å². The van der Waals surface area contributed by atoms with Gasteiger partial charge in [-0.1, -0.05) is 13.0 Å². The lowest BCUT2D eigenvalue weighted by atomic mass is 10.3. The van der Waals surface area contributed by atoms with Crippen LogP contribution in [0.25, 0.3) is 0 Å². The summed E-state index contributed by atoms with van der Waals surface area (Å²) in [4.78, 5) is 6.53. The van der Waals surface area contributed by atoms with Crippen LogP contribution >= 0.6 is 0 Å². The lowest BCUT2D eigenvalue weighted by Crippen LogP contribution is -2.29. The van der Waals surface area contributed by atoms with E-state index < -0.39 is 0 Å². The zero-order valence-electron chi connectivity index (χ0n) is 9.25. The Morgan fingerprint density at radius 3 is 2.93 bits per heavy atom. The van der Waals surface area contributed by atoms with Crippen LogP contribution in [0.2, 0.25) is 0 Å². The number of likely N-dealkylation sites (N-methyl/N-ethyl adjacent to an activating group) is 2. The first-order chi connectivity index (χ1) is 6.75. The summed E-state index contributed by atoms with van der Waals surface area (Å²) < 4.78 is 0. The summed E-state index contributed by atoms with van der Waals surface area (Å²) >= 11 is 0. The minimum Gasteiger partial charge on any atom is -0.358 e. The van der Waals surface area contributed by atoms with Gasteiger partial charge in [-0.2, -0.15) is 0 Å². The molecule has 0 spiro atoms. The lowest BCUT2D eigenvalue weighted by Gasteiger charge is -2.19. The van der Waals surface area contributed by atoms with E-state index in [9.17, 15) is 0 Å². The molecule has 1 aromatic rings. The number of hydrogen-bond acceptors (Lipinski definition) is 3. The maximum atomic E-state index is 4.36. The molecule has 1 aromatic heterocycles. The molecule has 14 heavy (non-hydrogen) atoms. The predicted molar refractivity (Wildman–Crippen MR) is 60.8 cm³/mol. The number of hydrogen-bond donors (Lipinski definition) is 1. The van der Waals surface area contributed by atoms with Crippen LogP contribution in [0.1, 0.15) is 12.5 Å². The van der Waals surface area contributed by atoms with Crippen LogP contribution in [-0.4, -0.2) is 31.7 Å². The summed E-state index contributed by atoms with van der Waals surface area (Å²) in [5, 5.41) is 3.30. The van der Waals surface area contributed by atoms with E-state index in [0.717, 1.165) is 25.5 Å². The Balaban J connectivity index is 2.51. The molecule has 3 heteroatoms. The van der Waals surface area contributed by atoms with Crippen LogP contribution in [0.3, 0.4) is 0 Å². The van der Waals surface area contributed by atoms with E-state index in [1.165, 1.54) is 5.56 Å². The molecule has 0 aliphatic carbocycles. The fraction of sp³-hybridized carbons (Fsp3) is 0.545. The molecule has 3 nitrogen and oxygen atoms in total. The van der Waals surface area contributed by atoms with Crippen molar-refractivity contribution in [2.45, 2.75) is 13.8 Å². The maximum Gasteiger partial charge on any atom is 0.131 e. The number of nitrogens with one attached hydrogen (secondary N) is 1. The van der Waals surface area contributed by atoms with E-state index >= 15 is 0 Å². The molecule has 0 fully saturated rings. The van der Waals surface area contributed by atoms with E-state index in [-0.39, 0.29) is 0 Å². The SMILES string of the molecule is CCNCCN(C)c1ncccc1C. The third-order valence-corrected chi connectivity index (χ3v) is 2.22. The molecule has 0 aliphatic rings. The van der Waals surface area contributed by atoms with Crippen LogP contribution in [-0.2, 0) is 0 Å². The van der Waals surface area contributed by atoms with Crippen molar-refractivity contribution in [3.63, 3.8) is 0 Å². The van der Waals surface area contributed by atoms with Gasteiger partial charge < -0.3 is 10.2 Å². The zero-order chi connectivity index (χ0) is 10.4. The smallest absolute Gasteiger partial charge is 0.131 e. The molecule has 1 heterocycles. The Hall–Kier alpha value is -1.09. The second-order valence-electron chi connectivity index (χ2n) is 3.42. The Morgan fingerprint density at radius 2 is 2.29 bits per heavy atom. The van der Waals surface area contributed by atoms with Gasteiger partial charge in [0.2, 0.25) is 0 Å². The minimum atomic E-state index is 0.992. The van der Waals surface area contributed by atoms with Crippen LogP contribution in [0.15, 0.2) is 18.3 Å². The van der Waals surface area contributed by atoms with Crippen molar-refractivity contribution < 1.29 is 0 Å². The van der Waals surface area contributed by atoms with Crippen LogP contribution < -0.4 is 10.2 Å². The molecule has 78 valence electrons. The topological polar surface area (TPSA) is 28.2 Å². The van der Waals surface area contributed by atoms with Crippen molar-refractivity contribution in [3.05, 3.63) is 23.9 Å². The van der Waals surface area contributed by atoms with Crippen molar-refractivity contribution in [2.75, 3.05) is 31.6 Å². The number of aromatic nitrogens is 1. The molecule has 0 radical (unpaired) electrons. The highest BCUT2D eigenvalue weighted by molar-refractivity contribution is 5.44. The van der Waals surface area contributed by atoms with E-state index in [2.05, 4.69) is 42.2 Å². The van der Waals surface area contributed by atoms with Gasteiger partial charge in [0.1, 0.15) is 5.82 Å². The normalized spacial score (nSPS) is 10.2. The second kappa shape index (κ2) is 5.60. The zero-order valence-corrected chi connectivity index (χ0v) is 9.25. The predicted octanol–water partition coefficient (Wildman–Crippen LogP) is 1.44. The number of pyridine rings is 1. The Labute approximate surface area is 86.2 Å². The number of anilines is 1. The van der Waals surface area contributed by atoms with Gasteiger partial charge in [0.15, 0.2) is 0 Å². The summed E-state index contributed by atoms with van der Waals surface area (Å²) in [7, 11) is 2.08. The molecule has 0 aliphatic heterocycles. The molecule has 1 rings (SSSR count). The second-order valence-corrected chi connectivity index (χ2v) is 3.42. The Morgan fingerprint density at radius 1 is 1.50 bits per heavy atom. The monoisotopic (exact) mass is 193 g/mol. The summed E-state index contributed by atoms with van der Waals surface area (Å²) in [5.41, 5.74) is 1.23. The first kappa shape index (κ1) is 11.0. The van der Waals surface area contributed by atoms with Crippen LogP contribution in [0.4, 0.5) is 5.82 Å². The van der Waals surface area contributed by atoms with Crippen molar-refractivity contribution in [1.82, 2.24) is 10.3 Å². The third-order valence-electron chi connectivity index (χ3n) is 2.22. The van der Waals surface area contributed by atoms with Gasteiger partial charge in [-0.3, -0.25) is 0 Å². The molecule has 0 saturated carbocycles. The van der Waals surface area contributed by atoms with Gasteiger partial charge in [-0.05, 0) is 25.1 Å².